The third-order valence-electron chi connectivity index (χ3n) is 5.53. The van der Waals surface area contributed by atoms with Crippen molar-refractivity contribution in [3.8, 4) is 11.5 Å². The summed E-state index contributed by atoms with van der Waals surface area (Å²) in [5.74, 6) is 0.821. The molecule has 0 aliphatic carbocycles. The first-order valence-electron chi connectivity index (χ1n) is 9.83. The van der Waals surface area contributed by atoms with Gasteiger partial charge < -0.3 is 19.7 Å². The lowest BCUT2D eigenvalue weighted by Gasteiger charge is -2.33. The number of methoxy groups -OCH3 is 2. The molecule has 154 valence electrons. The molecule has 0 saturated carbocycles. The van der Waals surface area contributed by atoms with E-state index in [1.807, 2.05) is 32.0 Å². The summed E-state index contributed by atoms with van der Waals surface area (Å²) in [7, 11) is 3.08. The lowest BCUT2D eigenvalue weighted by molar-refractivity contribution is 0.0691. The van der Waals surface area contributed by atoms with Crippen LogP contribution in [-0.2, 0) is 0 Å². The van der Waals surface area contributed by atoms with Crippen LogP contribution in [0.3, 0.4) is 0 Å². The summed E-state index contributed by atoms with van der Waals surface area (Å²) in [5, 5.41) is 3.10. The molecule has 1 aliphatic heterocycles. The summed E-state index contributed by atoms with van der Waals surface area (Å²) >= 11 is 0. The molecular formula is C23H28N2O4. The first-order chi connectivity index (χ1) is 13.9. The van der Waals surface area contributed by atoms with Gasteiger partial charge in [-0.15, -0.1) is 0 Å². The highest BCUT2D eigenvalue weighted by Gasteiger charge is 2.28. The van der Waals surface area contributed by atoms with Crippen molar-refractivity contribution < 1.29 is 19.1 Å². The summed E-state index contributed by atoms with van der Waals surface area (Å²) < 4.78 is 10.7. The van der Waals surface area contributed by atoms with Crippen LogP contribution in [0.2, 0.25) is 0 Å². The van der Waals surface area contributed by atoms with Crippen LogP contribution in [0.4, 0.5) is 0 Å². The average Bonchev–Trinajstić information content (AvgIpc) is 2.74. The molecule has 0 spiro atoms. The Bertz CT molecular complexity index is 879. The van der Waals surface area contributed by atoms with Crippen LogP contribution < -0.4 is 14.8 Å². The van der Waals surface area contributed by atoms with Crippen molar-refractivity contribution >= 4 is 11.8 Å². The Morgan fingerprint density at radius 2 is 1.59 bits per heavy atom. The normalized spacial score (nSPS) is 14.4. The molecule has 0 aromatic heterocycles. The van der Waals surface area contributed by atoms with Gasteiger partial charge in [0.15, 0.2) is 0 Å². The minimum Gasteiger partial charge on any atom is -0.496 e. The van der Waals surface area contributed by atoms with Crippen LogP contribution >= 0.6 is 0 Å². The lowest BCUT2D eigenvalue weighted by Crippen LogP contribution is -2.46. The van der Waals surface area contributed by atoms with Crippen molar-refractivity contribution in [3.05, 3.63) is 58.7 Å². The highest BCUT2D eigenvalue weighted by Crippen LogP contribution is 2.30. The number of amides is 2. The zero-order valence-corrected chi connectivity index (χ0v) is 17.5. The first-order valence-corrected chi connectivity index (χ1v) is 9.83. The zero-order valence-electron chi connectivity index (χ0n) is 17.5. The fourth-order valence-corrected chi connectivity index (χ4v) is 3.60. The minimum absolute atomic E-state index is 0.0488. The van der Waals surface area contributed by atoms with E-state index in [1.165, 1.54) is 5.56 Å². The molecule has 0 bridgehead atoms. The fraction of sp³-hybridized carbons (Fsp3) is 0.391. The van der Waals surface area contributed by atoms with Gasteiger partial charge >= 0.3 is 0 Å². The quantitative estimate of drug-likeness (QED) is 0.842. The number of benzene rings is 2. The molecule has 2 amide bonds. The van der Waals surface area contributed by atoms with E-state index in [2.05, 4.69) is 5.32 Å². The van der Waals surface area contributed by atoms with E-state index in [1.54, 1.807) is 37.3 Å². The lowest BCUT2D eigenvalue weighted by atomic mass is 10.0. The molecule has 1 aliphatic rings. The van der Waals surface area contributed by atoms with Crippen LogP contribution in [0, 0.1) is 13.8 Å². The maximum absolute atomic E-state index is 13.1. The Morgan fingerprint density at radius 3 is 2.14 bits per heavy atom. The number of likely N-dealkylation sites (tertiary alicyclic amines) is 1. The summed E-state index contributed by atoms with van der Waals surface area (Å²) in [6.07, 6.45) is 1.42. The molecule has 1 heterocycles. The molecule has 29 heavy (non-hydrogen) atoms. The number of piperidine rings is 1. The van der Waals surface area contributed by atoms with Gasteiger partial charge in [-0.3, -0.25) is 9.59 Å². The molecule has 1 fully saturated rings. The van der Waals surface area contributed by atoms with Gasteiger partial charge in [-0.1, -0.05) is 12.1 Å². The molecule has 2 aromatic rings. The molecule has 1 saturated heterocycles. The van der Waals surface area contributed by atoms with E-state index in [0.29, 0.717) is 48.6 Å². The predicted molar refractivity (Wildman–Crippen MR) is 112 cm³/mol. The fourth-order valence-electron chi connectivity index (χ4n) is 3.60. The van der Waals surface area contributed by atoms with E-state index < -0.39 is 0 Å². The van der Waals surface area contributed by atoms with Gasteiger partial charge in [-0.25, -0.2) is 0 Å². The van der Waals surface area contributed by atoms with Crippen molar-refractivity contribution in [1.29, 1.82) is 0 Å². The Morgan fingerprint density at radius 1 is 0.966 bits per heavy atom. The van der Waals surface area contributed by atoms with Gasteiger partial charge in [0.2, 0.25) is 0 Å². The molecule has 0 atom stereocenters. The largest absolute Gasteiger partial charge is 0.496 e. The highest BCUT2D eigenvalue weighted by atomic mass is 16.5. The van der Waals surface area contributed by atoms with Gasteiger partial charge in [-0.2, -0.15) is 0 Å². The minimum atomic E-state index is -0.113. The Balaban J connectivity index is 1.63. The number of ether oxygens (including phenoxy) is 2. The average molecular weight is 396 g/mol. The third kappa shape index (κ3) is 4.53. The Kier molecular flexibility index (Phi) is 6.42. The van der Waals surface area contributed by atoms with E-state index in [0.717, 1.165) is 5.56 Å². The van der Waals surface area contributed by atoms with Gasteiger partial charge in [0.1, 0.15) is 17.1 Å². The number of carbonyl (C=O) groups is 2. The molecule has 3 rings (SSSR count). The van der Waals surface area contributed by atoms with Crippen LogP contribution in [0.1, 0.15) is 44.7 Å². The maximum Gasteiger partial charge on any atom is 0.261 e. The molecule has 0 unspecified atom stereocenters. The van der Waals surface area contributed by atoms with E-state index in [9.17, 15) is 9.59 Å². The number of nitrogens with one attached hydrogen (secondary N) is 1. The summed E-state index contributed by atoms with van der Waals surface area (Å²) in [6, 6.07) is 11.1. The van der Waals surface area contributed by atoms with E-state index in [-0.39, 0.29) is 17.9 Å². The topological polar surface area (TPSA) is 67.9 Å². The molecule has 6 nitrogen and oxygen atoms in total. The number of nitrogens with zero attached hydrogens (tertiary/aromatic N) is 1. The summed E-state index contributed by atoms with van der Waals surface area (Å²) in [6.45, 7) is 5.17. The second-order valence-corrected chi connectivity index (χ2v) is 7.38. The maximum atomic E-state index is 13.1. The van der Waals surface area contributed by atoms with Crippen LogP contribution in [-0.4, -0.2) is 50.1 Å². The second-order valence-electron chi connectivity index (χ2n) is 7.38. The monoisotopic (exact) mass is 396 g/mol. The molecule has 0 radical (unpaired) electrons. The molecule has 6 heteroatoms. The molecule has 2 aromatic carbocycles. The second kappa shape index (κ2) is 8.99. The van der Waals surface area contributed by atoms with Gasteiger partial charge in [0.05, 0.1) is 14.2 Å². The van der Waals surface area contributed by atoms with Crippen molar-refractivity contribution in [2.24, 2.45) is 0 Å². The molecular weight excluding hydrogens is 368 g/mol. The van der Waals surface area contributed by atoms with Gasteiger partial charge in [0, 0.05) is 24.7 Å². The Hall–Kier alpha value is -3.02. The number of hydrogen-bond acceptors (Lipinski definition) is 4. The van der Waals surface area contributed by atoms with Gasteiger partial charge in [-0.05, 0) is 62.1 Å². The van der Waals surface area contributed by atoms with E-state index in [4.69, 9.17) is 9.47 Å². The first kappa shape index (κ1) is 20.7. The number of hydrogen-bond donors (Lipinski definition) is 1. The van der Waals surface area contributed by atoms with Crippen LogP contribution in [0.15, 0.2) is 36.4 Å². The zero-order chi connectivity index (χ0) is 21.0. The number of rotatable bonds is 5. The third-order valence-corrected chi connectivity index (χ3v) is 5.53. The highest BCUT2D eigenvalue weighted by molar-refractivity contribution is 6.00. The SMILES string of the molecule is COc1cccc(OC)c1C(=O)N1CCC(NC(=O)c2ccc(C)c(C)c2)CC1. The van der Waals surface area contributed by atoms with Crippen molar-refractivity contribution in [2.75, 3.05) is 27.3 Å². The van der Waals surface area contributed by atoms with E-state index >= 15 is 0 Å². The van der Waals surface area contributed by atoms with Crippen molar-refractivity contribution in [1.82, 2.24) is 10.2 Å². The van der Waals surface area contributed by atoms with Gasteiger partial charge in [0.25, 0.3) is 11.8 Å². The molecule has 1 N–H and O–H groups in total. The van der Waals surface area contributed by atoms with Crippen molar-refractivity contribution in [3.63, 3.8) is 0 Å². The summed E-state index contributed by atoms with van der Waals surface area (Å²) in [4.78, 5) is 27.4. The summed E-state index contributed by atoms with van der Waals surface area (Å²) in [5.41, 5.74) is 3.38. The van der Waals surface area contributed by atoms with Crippen molar-refractivity contribution in [2.45, 2.75) is 32.7 Å². The van der Waals surface area contributed by atoms with Crippen LogP contribution in [0.5, 0.6) is 11.5 Å². The van der Waals surface area contributed by atoms with Crippen LogP contribution in [0.25, 0.3) is 0 Å². The predicted octanol–water partition coefficient (Wildman–Crippen LogP) is 3.36. The number of aryl methyl sites for hydroxylation is 2. The number of carbonyl (C=O) groups excluding carboxylic acids is 2. The standard InChI is InChI=1S/C23H28N2O4/c1-15-8-9-17(14-16(15)2)22(26)24-18-10-12-25(13-11-18)23(27)21-19(28-3)6-5-7-20(21)29-4/h5-9,14,18H,10-13H2,1-4H3,(H,24,26). The Labute approximate surface area is 171 Å². The smallest absolute Gasteiger partial charge is 0.261 e.